The highest BCUT2D eigenvalue weighted by Gasteiger charge is 2.31. The molecule has 1 aromatic heterocycles. The molecule has 3 aromatic rings. The third-order valence-electron chi connectivity index (χ3n) is 5.04. The SMILES string of the molecule is CC(=O)OC(C)(C)C(=O)Nc1ccc(-c2cccc(-c3ccc4c(c3)NC(=O)CO4)n2)cc1. The average Bonchev–Trinajstić information content (AvgIpc) is 2.78. The van der Waals surface area contributed by atoms with E-state index in [1.807, 2.05) is 48.5 Å². The maximum atomic E-state index is 12.4. The van der Waals surface area contributed by atoms with Crippen LogP contribution in [-0.4, -0.2) is 35.0 Å². The number of hydrogen-bond donors (Lipinski definition) is 2. The van der Waals surface area contributed by atoms with Crippen LogP contribution < -0.4 is 15.4 Å². The van der Waals surface area contributed by atoms with Gasteiger partial charge in [0, 0.05) is 23.7 Å². The first-order chi connectivity index (χ1) is 15.7. The predicted octanol–water partition coefficient (Wildman–Crippen LogP) is 4.03. The lowest BCUT2D eigenvalue weighted by Crippen LogP contribution is -2.41. The Morgan fingerprint density at radius 1 is 1.03 bits per heavy atom. The predicted molar refractivity (Wildman–Crippen MR) is 124 cm³/mol. The number of pyridine rings is 1. The van der Waals surface area contributed by atoms with Crippen molar-refractivity contribution in [2.45, 2.75) is 26.4 Å². The summed E-state index contributed by atoms with van der Waals surface area (Å²) in [5, 5.41) is 5.56. The molecule has 0 saturated heterocycles. The fraction of sp³-hybridized carbons (Fsp3) is 0.200. The third kappa shape index (κ3) is 5.01. The van der Waals surface area contributed by atoms with Crippen molar-refractivity contribution >= 4 is 29.2 Å². The van der Waals surface area contributed by atoms with Crippen LogP contribution in [0.3, 0.4) is 0 Å². The summed E-state index contributed by atoms with van der Waals surface area (Å²) in [6, 6.07) is 18.5. The van der Waals surface area contributed by atoms with Crippen LogP contribution in [-0.2, 0) is 19.1 Å². The van der Waals surface area contributed by atoms with Crippen molar-refractivity contribution < 1.29 is 23.9 Å². The number of ether oxygens (including phenoxy) is 2. The Hall–Kier alpha value is -4.20. The summed E-state index contributed by atoms with van der Waals surface area (Å²) < 4.78 is 10.5. The summed E-state index contributed by atoms with van der Waals surface area (Å²) in [7, 11) is 0. The average molecular weight is 445 g/mol. The van der Waals surface area contributed by atoms with E-state index < -0.39 is 17.5 Å². The van der Waals surface area contributed by atoms with E-state index in [0.717, 1.165) is 22.5 Å². The summed E-state index contributed by atoms with van der Waals surface area (Å²) in [4.78, 5) is 40.0. The molecule has 0 saturated carbocycles. The molecule has 1 aliphatic rings. The number of aromatic nitrogens is 1. The second-order valence-electron chi connectivity index (χ2n) is 8.09. The molecule has 33 heavy (non-hydrogen) atoms. The largest absolute Gasteiger partial charge is 0.482 e. The molecule has 0 aliphatic carbocycles. The number of carbonyl (C=O) groups excluding carboxylic acids is 3. The van der Waals surface area contributed by atoms with Crippen LogP contribution in [0.1, 0.15) is 20.8 Å². The number of amides is 2. The number of carbonyl (C=O) groups is 3. The van der Waals surface area contributed by atoms with Gasteiger partial charge in [-0.05, 0) is 56.3 Å². The van der Waals surface area contributed by atoms with Crippen LogP contribution in [0.15, 0.2) is 60.7 Å². The summed E-state index contributed by atoms with van der Waals surface area (Å²) in [5.41, 5.74) is 3.12. The number of anilines is 2. The fourth-order valence-corrected chi connectivity index (χ4v) is 3.41. The maximum absolute atomic E-state index is 12.4. The van der Waals surface area contributed by atoms with E-state index in [0.29, 0.717) is 17.1 Å². The van der Waals surface area contributed by atoms with E-state index >= 15 is 0 Å². The first kappa shape index (κ1) is 22.0. The molecule has 0 radical (unpaired) electrons. The minimum absolute atomic E-state index is 0.0117. The molecular weight excluding hydrogens is 422 g/mol. The van der Waals surface area contributed by atoms with Crippen LogP contribution in [0.5, 0.6) is 5.75 Å². The fourth-order valence-electron chi connectivity index (χ4n) is 3.41. The van der Waals surface area contributed by atoms with Gasteiger partial charge in [0.05, 0.1) is 17.1 Å². The van der Waals surface area contributed by atoms with Gasteiger partial charge < -0.3 is 20.1 Å². The molecule has 2 N–H and O–H groups in total. The van der Waals surface area contributed by atoms with Crippen molar-refractivity contribution in [2.75, 3.05) is 17.2 Å². The van der Waals surface area contributed by atoms with Crippen LogP contribution in [0.2, 0.25) is 0 Å². The van der Waals surface area contributed by atoms with Crippen molar-refractivity contribution in [2.24, 2.45) is 0 Å². The summed E-state index contributed by atoms with van der Waals surface area (Å²) in [6.07, 6.45) is 0. The number of fused-ring (bicyclic) bond motifs is 1. The molecule has 0 fully saturated rings. The quantitative estimate of drug-likeness (QED) is 0.575. The van der Waals surface area contributed by atoms with Gasteiger partial charge in [-0.15, -0.1) is 0 Å². The van der Waals surface area contributed by atoms with Gasteiger partial charge in [-0.25, -0.2) is 4.98 Å². The molecular formula is C25H23N3O5. The molecule has 0 spiro atoms. The first-order valence-electron chi connectivity index (χ1n) is 10.4. The van der Waals surface area contributed by atoms with E-state index in [1.165, 1.54) is 20.8 Å². The van der Waals surface area contributed by atoms with Crippen LogP contribution in [0.4, 0.5) is 11.4 Å². The summed E-state index contributed by atoms with van der Waals surface area (Å²) in [5.74, 6) is -0.506. The summed E-state index contributed by atoms with van der Waals surface area (Å²) in [6.45, 7) is 4.34. The van der Waals surface area contributed by atoms with Gasteiger partial charge in [-0.3, -0.25) is 14.4 Å². The van der Waals surface area contributed by atoms with Gasteiger partial charge in [0.25, 0.3) is 11.8 Å². The van der Waals surface area contributed by atoms with E-state index in [9.17, 15) is 14.4 Å². The Morgan fingerprint density at radius 3 is 2.39 bits per heavy atom. The highest BCUT2D eigenvalue weighted by Crippen LogP contribution is 2.33. The molecule has 8 nitrogen and oxygen atoms in total. The molecule has 2 aromatic carbocycles. The minimum Gasteiger partial charge on any atom is -0.482 e. The Bertz CT molecular complexity index is 1240. The summed E-state index contributed by atoms with van der Waals surface area (Å²) >= 11 is 0. The molecule has 0 unspecified atom stereocenters. The van der Waals surface area contributed by atoms with Crippen molar-refractivity contribution in [3.8, 4) is 28.3 Å². The van der Waals surface area contributed by atoms with Gasteiger partial charge in [-0.2, -0.15) is 0 Å². The van der Waals surface area contributed by atoms with E-state index in [4.69, 9.17) is 14.5 Å². The first-order valence-corrected chi connectivity index (χ1v) is 10.4. The van der Waals surface area contributed by atoms with Crippen molar-refractivity contribution in [1.82, 2.24) is 4.98 Å². The van der Waals surface area contributed by atoms with Crippen molar-refractivity contribution in [1.29, 1.82) is 0 Å². The van der Waals surface area contributed by atoms with E-state index in [-0.39, 0.29) is 12.5 Å². The van der Waals surface area contributed by atoms with Gasteiger partial charge in [0.2, 0.25) is 0 Å². The zero-order chi connectivity index (χ0) is 23.6. The number of nitrogens with zero attached hydrogens (tertiary/aromatic N) is 1. The highest BCUT2D eigenvalue weighted by atomic mass is 16.6. The normalized spacial score (nSPS) is 12.8. The minimum atomic E-state index is -1.28. The molecule has 4 rings (SSSR count). The number of esters is 1. The Morgan fingerprint density at radius 2 is 1.70 bits per heavy atom. The van der Waals surface area contributed by atoms with Crippen LogP contribution in [0, 0.1) is 0 Å². The van der Waals surface area contributed by atoms with Crippen molar-refractivity contribution in [3.05, 3.63) is 60.7 Å². The molecule has 2 amide bonds. The zero-order valence-corrected chi connectivity index (χ0v) is 18.5. The second-order valence-corrected chi connectivity index (χ2v) is 8.09. The van der Waals surface area contributed by atoms with Gasteiger partial charge in [0.15, 0.2) is 12.2 Å². The lowest BCUT2D eigenvalue weighted by atomic mass is 10.1. The molecule has 0 bridgehead atoms. The third-order valence-corrected chi connectivity index (χ3v) is 5.04. The Labute approximate surface area is 190 Å². The van der Waals surface area contributed by atoms with Gasteiger partial charge in [0.1, 0.15) is 5.75 Å². The molecule has 0 atom stereocenters. The molecule has 168 valence electrons. The number of hydrogen-bond acceptors (Lipinski definition) is 6. The number of benzene rings is 2. The monoisotopic (exact) mass is 445 g/mol. The van der Waals surface area contributed by atoms with E-state index in [1.54, 1.807) is 12.1 Å². The molecule has 8 heteroatoms. The second kappa shape index (κ2) is 8.74. The number of nitrogens with one attached hydrogen (secondary N) is 2. The van der Waals surface area contributed by atoms with E-state index in [2.05, 4.69) is 10.6 Å². The van der Waals surface area contributed by atoms with Gasteiger partial charge in [-0.1, -0.05) is 18.2 Å². The smallest absolute Gasteiger partial charge is 0.303 e. The van der Waals surface area contributed by atoms with Crippen molar-refractivity contribution in [3.63, 3.8) is 0 Å². The highest BCUT2D eigenvalue weighted by molar-refractivity contribution is 5.98. The Kier molecular flexibility index (Phi) is 5.83. The lowest BCUT2D eigenvalue weighted by Gasteiger charge is -2.23. The topological polar surface area (TPSA) is 107 Å². The van der Waals surface area contributed by atoms with Gasteiger partial charge >= 0.3 is 5.97 Å². The Balaban J connectivity index is 1.52. The standard InChI is InChI=1S/C25H23N3O5/c1-15(29)33-25(2,3)24(31)26-18-10-7-16(8-11-18)19-5-4-6-20(27-19)17-9-12-22-21(13-17)28-23(30)14-32-22/h4-13H,14H2,1-3H3,(H,26,31)(H,28,30). The number of rotatable bonds is 5. The maximum Gasteiger partial charge on any atom is 0.303 e. The zero-order valence-electron chi connectivity index (χ0n) is 18.5. The van der Waals surface area contributed by atoms with Crippen LogP contribution in [0.25, 0.3) is 22.5 Å². The lowest BCUT2D eigenvalue weighted by molar-refractivity contribution is -0.160. The molecule has 2 heterocycles. The van der Waals surface area contributed by atoms with Crippen LogP contribution >= 0.6 is 0 Å². The molecule has 1 aliphatic heterocycles.